The maximum Gasteiger partial charge on any atom is 0.123 e. The Hall–Kier alpha value is -2.38. The predicted octanol–water partition coefficient (Wildman–Crippen LogP) is 3.98. The van der Waals surface area contributed by atoms with Gasteiger partial charge in [-0.05, 0) is 60.8 Å². The fraction of sp³-hybridized carbons (Fsp3) is 0.300. The highest BCUT2D eigenvalue weighted by Gasteiger charge is 2.27. The average Bonchev–Trinajstić information content (AvgIpc) is 3.08. The molecule has 0 atom stereocenters. The molecule has 1 aromatic carbocycles. The molecule has 4 rings (SSSR count). The molecule has 1 aromatic heterocycles. The first-order chi connectivity index (χ1) is 13.1. The van der Waals surface area contributed by atoms with Crippen molar-refractivity contribution in [1.29, 1.82) is 0 Å². The molecule has 1 aliphatic heterocycles. The van der Waals surface area contributed by atoms with Gasteiger partial charge in [-0.1, -0.05) is 11.1 Å². The van der Waals surface area contributed by atoms with E-state index in [-0.39, 0.29) is 5.82 Å². The minimum absolute atomic E-state index is 0.249. The van der Waals surface area contributed by atoms with E-state index in [4.69, 9.17) is 10.7 Å². The van der Waals surface area contributed by atoms with E-state index < -0.39 is 0 Å². The van der Waals surface area contributed by atoms with Crippen molar-refractivity contribution in [3.05, 3.63) is 65.4 Å². The summed E-state index contributed by atoms with van der Waals surface area (Å²) in [7, 11) is 1.93. The highest BCUT2D eigenvalue weighted by atomic mass is 32.2. The Morgan fingerprint density at radius 3 is 2.74 bits per heavy atom. The number of aliphatic imine (C=N–C) groups is 1. The molecule has 5 nitrogen and oxygen atoms in total. The zero-order valence-electron chi connectivity index (χ0n) is 15.2. The second-order valence-electron chi connectivity index (χ2n) is 6.84. The van der Waals surface area contributed by atoms with Crippen molar-refractivity contribution in [2.24, 2.45) is 17.8 Å². The number of aromatic nitrogens is 2. The van der Waals surface area contributed by atoms with E-state index in [0.29, 0.717) is 0 Å². The first kappa shape index (κ1) is 18.0. The van der Waals surface area contributed by atoms with Crippen molar-refractivity contribution >= 4 is 23.3 Å². The van der Waals surface area contributed by atoms with E-state index in [1.807, 2.05) is 24.1 Å². The van der Waals surface area contributed by atoms with Crippen LogP contribution in [0.15, 0.2) is 69.5 Å². The van der Waals surface area contributed by atoms with Gasteiger partial charge in [-0.25, -0.2) is 8.70 Å². The Morgan fingerprint density at radius 1 is 1.22 bits per heavy atom. The number of benzene rings is 1. The van der Waals surface area contributed by atoms with Crippen LogP contribution in [0.2, 0.25) is 0 Å². The molecule has 7 heteroatoms. The highest BCUT2D eigenvalue weighted by molar-refractivity contribution is 7.97. The minimum Gasteiger partial charge on any atom is -0.404 e. The Kier molecular flexibility index (Phi) is 5.13. The average molecular weight is 383 g/mol. The lowest BCUT2D eigenvalue weighted by Gasteiger charge is -2.33. The first-order valence-electron chi connectivity index (χ1n) is 8.96. The third-order valence-electron chi connectivity index (χ3n) is 4.89. The standard InChI is InChI=1S/C20H22FN5S/c1-25-13-19(11-23-25)27-26-7-6-14-9-20(15(10-22)8-16(14)12-26)24-18-4-2-17(21)3-5-18/h2-5,10-11,13H,6-9,12,22H2,1H3. The largest absolute Gasteiger partial charge is 0.404 e. The molecule has 0 spiro atoms. The molecule has 27 heavy (non-hydrogen) atoms. The summed E-state index contributed by atoms with van der Waals surface area (Å²) in [5.41, 5.74) is 11.6. The fourth-order valence-corrected chi connectivity index (χ4v) is 4.49. The van der Waals surface area contributed by atoms with Crippen molar-refractivity contribution in [2.45, 2.75) is 24.2 Å². The number of rotatable bonds is 3. The second kappa shape index (κ2) is 7.70. The van der Waals surface area contributed by atoms with Crippen LogP contribution in [0, 0.1) is 5.82 Å². The SMILES string of the molecule is Cn1cc(SN2CCC3=C(CC(=CN)C(=Nc4ccc(F)cc4)C3)C2)cn1. The number of hydrogen-bond donors (Lipinski definition) is 1. The number of aryl methyl sites for hydroxylation is 1. The van der Waals surface area contributed by atoms with Crippen molar-refractivity contribution in [2.75, 3.05) is 13.1 Å². The zero-order valence-corrected chi connectivity index (χ0v) is 16.0. The van der Waals surface area contributed by atoms with Crippen LogP contribution in [0.3, 0.4) is 0 Å². The topological polar surface area (TPSA) is 59.4 Å². The predicted molar refractivity (Wildman–Crippen MR) is 107 cm³/mol. The molecule has 0 bridgehead atoms. The van der Waals surface area contributed by atoms with Crippen LogP contribution >= 0.6 is 11.9 Å². The van der Waals surface area contributed by atoms with Crippen LogP contribution in [-0.2, 0) is 7.05 Å². The van der Waals surface area contributed by atoms with Crippen molar-refractivity contribution in [3.8, 4) is 0 Å². The number of nitrogens with zero attached hydrogens (tertiary/aromatic N) is 4. The molecule has 2 N–H and O–H groups in total. The summed E-state index contributed by atoms with van der Waals surface area (Å²) < 4.78 is 17.3. The normalized spacial score (nSPS) is 21.1. The van der Waals surface area contributed by atoms with Gasteiger partial charge >= 0.3 is 0 Å². The maximum absolute atomic E-state index is 13.1. The summed E-state index contributed by atoms with van der Waals surface area (Å²) in [6.07, 6.45) is 8.28. The molecule has 2 aromatic rings. The monoisotopic (exact) mass is 383 g/mol. The Labute approximate surface area is 162 Å². The maximum atomic E-state index is 13.1. The summed E-state index contributed by atoms with van der Waals surface area (Å²) in [5, 5.41) is 4.24. The van der Waals surface area contributed by atoms with E-state index in [9.17, 15) is 4.39 Å². The molecule has 1 aliphatic carbocycles. The van der Waals surface area contributed by atoms with Crippen LogP contribution in [0.1, 0.15) is 19.3 Å². The van der Waals surface area contributed by atoms with Crippen LogP contribution in [0.4, 0.5) is 10.1 Å². The van der Waals surface area contributed by atoms with Gasteiger partial charge in [0.05, 0.1) is 22.5 Å². The highest BCUT2D eigenvalue weighted by Crippen LogP contribution is 2.36. The lowest BCUT2D eigenvalue weighted by atomic mass is 9.83. The summed E-state index contributed by atoms with van der Waals surface area (Å²) in [6.45, 7) is 1.93. The summed E-state index contributed by atoms with van der Waals surface area (Å²) in [5.74, 6) is -0.249. The minimum atomic E-state index is -0.249. The number of nitrogens with two attached hydrogens (primary N) is 1. The molecule has 0 amide bonds. The van der Waals surface area contributed by atoms with Crippen LogP contribution in [-0.4, -0.2) is 32.9 Å². The third kappa shape index (κ3) is 4.14. The van der Waals surface area contributed by atoms with Crippen molar-refractivity contribution in [1.82, 2.24) is 14.1 Å². The number of hydrogen-bond acceptors (Lipinski definition) is 5. The van der Waals surface area contributed by atoms with Gasteiger partial charge in [0, 0.05) is 32.8 Å². The van der Waals surface area contributed by atoms with E-state index >= 15 is 0 Å². The molecular weight excluding hydrogens is 361 g/mol. The first-order valence-corrected chi connectivity index (χ1v) is 9.73. The number of allylic oxidation sites excluding steroid dienone is 1. The molecule has 0 fully saturated rings. The third-order valence-corrected chi connectivity index (χ3v) is 5.88. The Bertz CT molecular complexity index is 926. The van der Waals surface area contributed by atoms with E-state index in [1.54, 1.807) is 30.3 Å². The van der Waals surface area contributed by atoms with Gasteiger partial charge in [0.1, 0.15) is 5.82 Å². The lowest BCUT2D eigenvalue weighted by Crippen LogP contribution is -2.30. The molecular formula is C20H22FN5S. The van der Waals surface area contributed by atoms with E-state index in [2.05, 4.69) is 9.40 Å². The molecule has 0 radical (unpaired) electrons. The van der Waals surface area contributed by atoms with Crippen LogP contribution in [0.25, 0.3) is 0 Å². The number of halogens is 1. The second-order valence-corrected chi connectivity index (χ2v) is 8.01. The van der Waals surface area contributed by atoms with Gasteiger partial charge in [-0.2, -0.15) is 5.10 Å². The van der Waals surface area contributed by atoms with Gasteiger partial charge in [-0.15, -0.1) is 0 Å². The molecule has 2 aliphatic rings. The molecule has 0 saturated carbocycles. The van der Waals surface area contributed by atoms with Gasteiger partial charge in [0.15, 0.2) is 0 Å². The molecule has 0 saturated heterocycles. The quantitative estimate of drug-likeness (QED) is 0.643. The smallest absolute Gasteiger partial charge is 0.123 e. The van der Waals surface area contributed by atoms with Crippen molar-refractivity contribution < 1.29 is 4.39 Å². The Balaban J connectivity index is 1.51. The van der Waals surface area contributed by atoms with Gasteiger partial charge in [0.25, 0.3) is 0 Å². The van der Waals surface area contributed by atoms with Crippen LogP contribution < -0.4 is 5.73 Å². The zero-order chi connectivity index (χ0) is 18.8. The fourth-order valence-electron chi connectivity index (χ4n) is 3.49. The lowest BCUT2D eigenvalue weighted by molar-refractivity contribution is 0.472. The van der Waals surface area contributed by atoms with Gasteiger partial charge in [-0.3, -0.25) is 9.67 Å². The summed E-state index contributed by atoms with van der Waals surface area (Å²) >= 11 is 1.75. The molecule has 0 unspecified atom stereocenters. The van der Waals surface area contributed by atoms with Crippen molar-refractivity contribution in [3.63, 3.8) is 0 Å². The van der Waals surface area contributed by atoms with Gasteiger partial charge < -0.3 is 5.73 Å². The van der Waals surface area contributed by atoms with E-state index in [1.165, 1.54) is 23.3 Å². The summed E-state index contributed by atoms with van der Waals surface area (Å²) in [4.78, 5) is 5.89. The molecule has 2 heterocycles. The van der Waals surface area contributed by atoms with Crippen LogP contribution in [0.5, 0.6) is 0 Å². The molecule has 140 valence electrons. The summed E-state index contributed by atoms with van der Waals surface area (Å²) in [6, 6.07) is 6.28. The van der Waals surface area contributed by atoms with E-state index in [0.717, 1.165) is 54.2 Å². The Morgan fingerprint density at radius 2 is 2.04 bits per heavy atom. The van der Waals surface area contributed by atoms with Gasteiger partial charge in [0.2, 0.25) is 0 Å².